The van der Waals surface area contributed by atoms with Gasteiger partial charge in [-0.1, -0.05) is 193 Å². The first-order valence-corrected chi connectivity index (χ1v) is 23.5. The summed E-state index contributed by atoms with van der Waals surface area (Å²) in [5, 5.41) is 14.2. The van der Waals surface area contributed by atoms with E-state index in [0.29, 0.717) is 0 Å². The van der Waals surface area contributed by atoms with Gasteiger partial charge in [0.15, 0.2) is 0 Å². The Balaban J connectivity index is 1.00. The fourth-order valence-electron chi connectivity index (χ4n) is 10.5. The van der Waals surface area contributed by atoms with E-state index in [1.807, 2.05) is 0 Å². The summed E-state index contributed by atoms with van der Waals surface area (Å²) in [7, 11) is -1.69. The minimum Gasteiger partial charge on any atom is -0.456 e. The van der Waals surface area contributed by atoms with E-state index in [-0.39, 0.29) is 0 Å². The van der Waals surface area contributed by atoms with Crippen LogP contribution in [0.15, 0.2) is 235 Å². The average molecular weight is 818 g/mol. The monoisotopic (exact) mass is 817 g/mol. The Morgan fingerprint density at radius 1 is 0.349 bits per heavy atom. The molecule has 1 unspecified atom stereocenters. The molecule has 0 amide bonds. The maximum atomic E-state index is 6.78. The van der Waals surface area contributed by atoms with Crippen molar-refractivity contribution in [3.63, 3.8) is 0 Å². The molecule has 0 bridgehead atoms. The summed E-state index contributed by atoms with van der Waals surface area (Å²) in [5.41, 5.74) is 12.6. The standard InChI is InChI=1S/C60H39NOSi/c1-3-14-39(15-4-1)40-26-32-44(33-27-40)61(52-38-43-16-7-8-19-47(43)49-20-9-10-21-50(49)52)45-34-28-41(29-35-45)48-23-13-24-53-58(48)60-54(62-53)36-30-42-31-37-56-59(57(42)60)51-22-11-12-25-55(51)63(56)46-17-5-2-6-18-46/h1-38,63H. The summed E-state index contributed by atoms with van der Waals surface area (Å²) in [6, 6.07) is 84.6. The summed E-state index contributed by atoms with van der Waals surface area (Å²) in [6.07, 6.45) is 0. The molecular weight excluding hydrogens is 779 g/mol. The Morgan fingerprint density at radius 2 is 0.952 bits per heavy atom. The zero-order valence-electron chi connectivity index (χ0n) is 34.4. The molecule has 0 spiro atoms. The predicted octanol–water partition coefficient (Wildman–Crippen LogP) is 14.1. The zero-order chi connectivity index (χ0) is 41.4. The number of fused-ring (bicyclic) bond motifs is 12. The van der Waals surface area contributed by atoms with Crippen LogP contribution < -0.4 is 20.5 Å². The second kappa shape index (κ2) is 14.3. The Morgan fingerprint density at radius 3 is 1.75 bits per heavy atom. The molecule has 12 aromatic rings. The van der Waals surface area contributed by atoms with Gasteiger partial charge < -0.3 is 9.32 Å². The average Bonchev–Trinajstić information content (AvgIpc) is 3.92. The maximum absolute atomic E-state index is 6.78. The van der Waals surface area contributed by atoms with Crippen molar-refractivity contribution in [3.8, 4) is 33.4 Å². The number of hydrogen-bond donors (Lipinski definition) is 0. The van der Waals surface area contributed by atoms with Crippen LogP contribution in [0.4, 0.5) is 17.1 Å². The van der Waals surface area contributed by atoms with Crippen molar-refractivity contribution < 1.29 is 4.42 Å². The van der Waals surface area contributed by atoms with Crippen molar-refractivity contribution in [2.75, 3.05) is 4.90 Å². The molecular formula is C60H39NOSi. The summed E-state index contributed by atoms with van der Waals surface area (Å²) in [5.74, 6) is 0. The second-order valence-corrected chi connectivity index (χ2v) is 19.5. The summed E-state index contributed by atoms with van der Waals surface area (Å²) in [4.78, 5) is 2.42. The van der Waals surface area contributed by atoms with Crippen LogP contribution in [0, 0.1) is 0 Å². The Bertz CT molecular complexity index is 3720. The zero-order valence-corrected chi connectivity index (χ0v) is 35.5. The highest BCUT2D eigenvalue weighted by Gasteiger charge is 2.33. The molecule has 0 fully saturated rings. The highest BCUT2D eigenvalue weighted by atomic mass is 28.3. The molecule has 1 aliphatic heterocycles. The van der Waals surface area contributed by atoms with Crippen molar-refractivity contribution >= 4 is 95.7 Å². The van der Waals surface area contributed by atoms with Crippen LogP contribution >= 0.6 is 0 Å². The van der Waals surface area contributed by atoms with Crippen molar-refractivity contribution in [1.82, 2.24) is 0 Å². The van der Waals surface area contributed by atoms with Crippen LogP contribution in [0.3, 0.4) is 0 Å². The molecule has 1 aromatic heterocycles. The molecule has 63 heavy (non-hydrogen) atoms. The lowest BCUT2D eigenvalue weighted by molar-refractivity contribution is 0.669. The van der Waals surface area contributed by atoms with Gasteiger partial charge in [0, 0.05) is 32.9 Å². The Hall–Kier alpha value is -7.98. The minimum atomic E-state index is -1.69. The van der Waals surface area contributed by atoms with Gasteiger partial charge in [-0.15, -0.1) is 0 Å². The van der Waals surface area contributed by atoms with Crippen LogP contribution in [0.1, 0.15) is 0 Å². The van der Waals surface area contributed by atoms with Gasteiger partial charge in [0.25, 0.3) is 0 Å². The normalized spacial score (nSPS) is 13.2. The van der Waals surface area contributed by atoms with Gasteiger partial charge in [-0.3, -0.25) is 0 Å². The molecule has 2 heterocycles. The van der Waals surface area contributed by atoms with Crippen LogP contribution in [-0.2, 0) is 0 Å². The highest BCUT2D eigenvalue weighted by Crippen LogP contribution is 2.46. The summed E-state index contributed by atoms with van der Waals surface area (Å²) < 4.78 is 6.78. The van der Waals surface area contributed by atoms with Crippen molar-refractivity contribution in [2.24, 2.45) is 0 Å². The lowest BCUT2D eigenvalue weighted by atomic mass is 9.92. The quantitative estimate of drug-likeness (QED) is 0.123. The van der Waals surface area contributed by atoms with Crippen LogP contribution in [-0.4, -0.2) is 8.80 Å². The molecule has 294 valence electrons. The lowest BCUT2D eigenvalue weighted by Crippen LogP contribution is -2.48. The van der Waals surface area contributed by atoms with E-state index in [1.165, 1.54) is 81.1 Å². The highest BCUT2D eigenvalue weighted by molar-refractivity contribution is 6.99. The van der Waals surface area contributed by atoms with Gasteiger partial charge in [-0.05, 0) is 108 Å². The fraction of sp³-hybridized carbons (Fsp3) is 0. The van der Waals surface area contributed by atoms with Crippen LogP contribution in [0.5, 0.6) is 0 Å². The molecule has 1 atom stereocenters. The minimum absolute atomic E-state index is 0.905. The molecule has 11 aromatic carbocycles. The van der Waals surface area contributed by atoms with E-state index < -0.39 is 8.80 Å². The number of furan rings is 1. The molecule has 0 radical (unpaired) electrons. The van der Waals surface area contributed by atoms with Gasteiger partial charge in [0.05, 0.1) is 5.69 Å². The van der Waals surface area contributed by atoms with E-state index in [2.05, 4.69) is 235 Å². The first-order chi connectivity index (χ1) is 31.3. The van der Waals surface area contributed by atoms with Crippen molar-refractivity contribution in [2.45, 2.75) is 0 Å². The maximum Gasteiger partial charge on any atom is 0.136 e. The smallest absolute Gasteiger partial charge is 0.136 e. The van der Waals surface area contributed by atoms with E-state index in [1.54, 1.807) is 0 Å². The largest absolute Gasteiger partial charge is 0.456 e. The molecule has 0 saturated heterocycles. The number of rotatable bonds is 6. The summed E-state index contributed by atoms with van der Waals surface area (Å²) >= 11 is 0. The Kier molecular flexibility index (Phi) is 8.12. The molecule has 0 N–H and O–H groups in total. The van der Waals surface area contributed by atoms with E-state index in [0.717, 1.165) is 39.2 Å². The first kappa shape index (κ1) is 35.7. The molecule has 2 nitrogen and oxygen atoms in total. The number of benzene rings is 11. The van der Waals surface area contributed by atoms with Gasteiger partial charge in [-0.25, -0.2) is 0 Å². The van der Waals surface area contributed by atoms with E-state index >= 15 is 0 Å². The van der Waals surface area contributed by atoms with Crippen molar-refractivity contribution in [3.05, 3.63) is 231 Å². The summed E-state index contributed by atoms with van der Waals surface area (Å²) in [6.45, 7) is 0. The molecule has 13 rings (SSSR count). The van der Waals surface area contributed by atoms with Gasteiger partial charge in [0.2, 0.25) is 0 Å². The topological polar surface area (TPSA) is 16.4 Å². The SMILES string of the molecule is c1ccc(-c2ccc(N(c3ccc(-c4cccc5oc6ccc7ccc8c(c7c6c45)-c4ccccc4[SiH]8c4ccccc4)cc3)c3cc4ccccc4c4ccccc34)cc2)cc1. The van der Waals surface area contributed by atoms with Gasteiger partial charge in [0.1, 0.15) is 20.0 Å². The van der Waals surface area contributed by atoms with Gasteiger partial charge in [-0.2, -0.15) is 0 Å². The number of hydrogen-bond acceptors (Lipinski definition) is 2. The predicted molar refractivity (Wildman–Crippen MR) is 270 cm³/mol. The molecule has 3 heteroatoms. The van der Waals surface area contributed by atoms with E-state index in [4.69, 9.17) is 4.42 Å². The third-order valence-corrected chi connectivity index (χ3v) is 16.6. The van der Waals surface area contributed by atoms with Gasteiger partial charge >= 0.3 is 0 Å². The van der Waals surface area contributed by atoms with Crippen LogP contribution in [0.25, 0.3) is 87.6 Å². The van der Waals surface area contributed by atoms with E-state index in [9.17, 15) is 0 Å². The lowest BCUT2D eigenvalue weighted by Gasteiger charge is -2.28. The molecule has 0 aliphatic carbocycles. The fourth-order valence-corrected chi connectivity index (χ4v) is 13.9. The van der Waals surface area contributed by atoms with Crippen LogP contribution in [0.2, 0.25) is 0 Å². The first-order valence-electron chi connectivity index (χ1n) is 21.8. The number of nitrogens with zero attached hydrogens (tertiary/aromatic N) is 1. The van der Waals surface area contributed by atoms with Crippen molar-refractivity contribution in [1.29, 1.82) is 0 Å². The second-order valence-electron chi connectivity index (χ2n) is 16.7. The molecule has 0 saturated carbocycles. The third kappa shape index (κ3) is 5.64. The third-order valence-electron chi connectivity index (χ3n) is 13.3. The molecule has 1 aliphatic rings. The Labute approximate surface area is 367 Å². The number of anilines is 3.